The lowest BCUT2D eigenvalue weighted by Gasteiger charge is -2.62. The summed E-state index contributed by atoms with van der Waals surface area (Å²) in [5.74, 6) is 1.90. The van der Waals surface area contributed by atoms with E-state index in [1.807, 2.05) is 24.3 Å². The van der Waals surface area contributed by atoms with Gasteiger partial charge >= 0.3 is 0 Å². The van der Waals surface area contributed by atoms with E-state index in [9.17, 15) is 14.0 Å². The van der Waals surface area contributed by atoms with Crippen LogP contribution in [0.2, 0.25) is 0 Å². The van der Waals surface area contributed by atoms with Gasteiger partial charge in [-0.3, -0.25) is 9.59 Å². The Labute approximate surface area is 196 Å². The van der Waals surface area contributed by atoms with Gasteiger partial charge in [0.25, 0.3) is 5.91 Å². The summed E-state index contributed by atoms with van der Waals surface area (Å²) in [6.07, 6.45) is 4.96. The fraction of sp³-hybridized carbons (Fsp3) is 0.704. The molecule has 5 rings (SSSR count). The first-order chi connectivity index (χ1) is 15.7. The number of carbonyl (C=O) groups excluding carboxylic acids is 2. The van der Waals surface area contributed by atoms with E-state index in [-0.39, 0.29) is 34.6 Å². The molecule has 0 radical (unpaired) electrons. The molecule has 0 spiro atoms. The van der Waals surface area contributed by atoms with Crippen LogP contribution in [0.4, 0.5) is 10.1 Å². The topological polar surface area (TPSA) is 58.6 Å². The molecular formula is C27H37FN2O3. The second-order valence-electron chi connectivity index (χ2n) is 11.5. The van der Waals surface area contributed by atoms with Gasteiger partial charge in [0.2, 0.25) is 5.91 Å². The van der Waals surface area contributed by atoms with Gasteiger partial charge in [-0.2, -0.15) is 0 Å². The Hall–Kier alpha value is -2.11. The summed E-state index contributed by atoms with van der Waals surface area (Å²) in [7, 11) is 3.42. The van der Waals surface area contributed by atoms with Gasteiger partial charge in [-0.25, -0.2) is 4.39 Å². The van der Waals surface area contributed by atoms with Crippen molar-refractivity contribution in [1.29, 1.82) is 0 Å². The molecule has 6 heteroatoms. The average Bonchev–Trinajstić information content (AvgIpc) is 3.15. The highest BCUT2D eigenvalue weighted by Crippen LogP contribution is 2.66. The van der Waals surface area contributed by atoms with Gasteiger partial charge in [0.05, 0.1) is 7.11 Å². The molecule has 3 saturated carbocycles. The van der Waals surface area contributed by atoms with Gasteiger partial charge < -0.3 is 15.0 Å². The van der Waals surface area contributed by atoms with E-state index in [2.05, 4.69) is 19.2 Å². The largest absolute Gasteiger partial charge is 0.497 e. The summed E-state index contributed by atoms with van der Waals surface area (Å²) in [6, 6.07) is 7.67. The molecule has 1 N–H and O–H groups in total. The number of hydrogen-bond donors (Lipinski definition) is 1. The van der Waals surface area contributed by atoms with Crippen LogP contribution in [0.15, 0.2) is 24.3 Å². The number of alkyl halides is 1. The van der Waals surface area contributed by atoms with Crippen LogP contribution in [0.1, 0.15) is 58.8 Å². The maximum atomic E-state index is 14.7. The average molecular weight is 457 g/mol. The molecule has 1 aromatic carbocycles. The Bertz CT molecular complexity index is 953. The van der Waals surface area contributed by atoms with Crippen LogP contribution in [-0.4, -0.2) is 43.1 Å². The molecule has 1 saturated heterocycles. The minimum Gasteiger partial charge on any atom is -0.497 e. The quantitative estimate of drug-likeness (QED) is 0.692. The minimum atomic E-state index is -1.38. The van der Waals surface area contributed by atoms with Crippen molar-refractivity contribution in [1.82, 2.24) is 4.90 Å². The number of ether oxygens (including phenoxy) is 1. The van der Waals surface area contributed by atoms with Crippen molar-refractivity contribution in [2.45, 2.75) is 71.0 Å². The lowest BCUT2D eigenvalue weighted by molar-refractivity contribution is -0.169. The van der Waals surface area contributed by atoms with Crippen molar-refractivity contribution in [3.8, 4) is 5.75 Å². The van der Waals surface area contributed by atoms with Crippen molar-refractivity contribution in [2.75, 3.05) is 19.5 Å². The Kier molecular flexibility index (Phi) is 5.49. The first kappa shape index (κ1) is 22.7. The third-order valence-corrected chi connectivity index (χ3v) is 10.2. The molecule has 1 heterocycles. The number of nitrogens with zero attached hydrogens (tertiary/aromatic N) is 1. The van der Waals surface area contributed by atoms with Crippen LogP contribution in [-0.2, 0) is 9.59 Å². The maximum absolute atomic E-state index is 14.7. The number of nitrogens with one attached hydrogen (secondary N) is 1. The van der Waals surface area contributed by atoms with Crippen molar-refractivity contribution >= 4 is 17.5 Å². The molecule has 4 aliphatic rings. The Morgan fingerprint density at radius 2 is 1.88 bits per heavy atom. The Morgan fingerprint density at radius 3 is 2.64 bits per heavy atom. The zero-order valence-corrected chi connectivity index (χ0v) is 20.3. The molecule has 3 aliphatic carbocycles. The fourth-order valence-electron chi connectivity index (χ4n) is 8.57. The summed E-state index contributed by atoms with van der Waals surface area (Å²) in [5.41, 5.74) is 0.573. The number of anilines is 1. The molecule has 1 aromatic rings. The smallest absolute Gasteiger partial charge is 0.257 e. The summed E-state index contributed by atoms with van der Waals surface area (Å²) >= 11 is 0. The predicted octanol–water partition coefficient (Wildman–Crippen LogP) is 5.06. The first-order valence-electron chi connectivity index (χ1n) is 12.5. The van der Waals surface area contributed by atoms with Crippen LogP contribution in [0.5, 0.6) is 5.75 Å². The molecule has 1 aliphatic heterocycles. The molecule has 5 nitrogen and oxygen atoms in total. The van der Waals surface area contributed by atoms with Gasteiger partial charge in [0.15, 0.2) is 6.17 Å². The normalized spacial score (nSPS) is 42.2. The molecule has 180 valence electrons. The minimum absolute atomic E-state index is 0.00953. The molecule has 0 unspecified atom stereocenters. The third kappa shape index (κ3) is 3.38. The molecule has 0 bridgehead atoms. The van der Waals surface area contributed by atoms with Gasteiger partial charge in [-0.1, -0.05) is 19.9 Å². The van der Waals surface area contributed by atoms with E-state index in [4.69, 9.17) is 4.74 Å². The highest BCUT2D eigenvalue weighted by atomic mass is 19.1. The number of carbonyl (C=O) groups is 2. The van der Waals surface area contributed by atoms with Crippen molar-refractivity contribution in [3.05, 3.63) is 24.3 Å². The van der Waals surface area contributed by atoms with Crippen LogP contribution >= 0.6 is 0 Å². The molecule has 0 aromatic heterocycles. The zero-order valence-electron chi connectivity index (χ0n) is 20.3. The maximum Gasteiger partial charge on any atom is 0.257 e. The number of benzene rings is 1. The summed E-state index contributed by atoms with van der Waals surface area (Å²) in [4.78, 5) is 27.4. The van der Waals surface area contributed by atoms with E-state index in [1.165, 1.54) is 0 Å². The Morgan fingerprint density at radius 1 is 1.12 bits per heavy atom. The highest BCUT2D eigenvalue weighted by molar-refractivity contribution is 5.93. The monoisotopic (exact) mass is 456 g/mol. The number of fused-ring (bicyclic) bond motifs is 5. The van der Waals surface area contributed by atoms with Gasteiger partial charge in [-0.05, 0) is 85.7 Å². The van der Waals surface area contributed by atoms with E-state index < -0.39 is 6.17 Å². The Balaban J connectivity index is 1.36. The first-order valence-corrected chi connectivity index (χ1v) is 12.5. The SMILES string of the molecule is COc1cccc(NC(=O)[C@H]2CC[C@H]3[C@@H]4CC[C@H]5N(C)C(=O)[C@H](F)C[C@]5(C)[C@H]4CC[C@]23C)c1. The van der Waals surface area contributed by atoms with Crippen LogP contribution in [0.25, 0.3) is 0 Å². The van der Waals surface area contributed by atoms with Gasteiger partial charge in [0, 0.05) is 30.8 Å². The van der Waals surface area contributed by atoms with Gasteiger partial charge in [0.1, 0.15) is 5.75 Å². The summed E-state index contributed by atoms with van der Waals surface area (Å²) < 4.78 is 20.0. The second kappa shape index (κ2) is 7.99. The molecule has 8 atom stereocenters. The van der Waals surface area contributed by atoms with E-state index >= 15 is 0 Å². The predicted molar refractivity (Wildman–Crippen MR) is 126 cm³/mol. The van der Waals surface area contributed by atoms with Crippen LogP contribution in [0.3, 0.4) is 0 Å². The van der Waals surface area contributed by atoms with Crippen LogP contribution in [0, 0.1) is 34.5 Å². The number of hydrogen-bond acceptors (Lipinski definition) is 3. The molecular weight excluding hydrogens is 419 g/mol. The number of methoxy groups -OCH3 is 1. The zero-order chi connectivity index (χ0) is 23.5. The van der Waals surface area contributed by atoms with Crippen molar-refractivity contribution in [2.24, 2.45) is 34.5 Å². The van der Waals surface area contributed by atoms with Crippen LogP contribution < -0.4 is 10.1 Å². The summed E-state index contributed by atoms with van der Waals surface area (Å²) in [5, 5.41) is 3.15. The van der Waals surface area contributed by atoms with Crippen molar-refractivity contribution < 1.29 is 18.7 Å². The second-order valence-corrected chi connectivity index (χ2v) is 11.5. The fourth-order valence-corrected chi connectivity index (χ4v) is 8.57. The third-order valence-electron chi connectivity index (χ3n) is 10.2. The molecule has 33 heavy (non-hydrogen) atoms. The molecule has 2 amide bonds. The van der Waals surface area contributed by atoms with Gasteiger partial charge in [-0.15, -0.1) is 0 Å². The number of amides is 2. The molecule has 4 fully saturated rings. The number of halogens is 1. The van der Waals surface area contributed by atoms with E-state index in [0.717, 1.165) is 50.0 Å². The highest BCUT2D eigenvalue weighted by Gasteiger charge is 2.63. The van der Waals surface area contributed by atoms with Crippen molar-refractivity contribution in [3.63, 3.8) is 0 Å². The lowest BCUT2D eigenvalue weighted by Crippen LogP contribution is -2.64. The van der Waals surface area contributed by atoms with E-state index in [1.54, 1.807) is 19.1 Å². The number of likely N-dealkylation sites (tertiary alicyclic amines) is 1. The standard InChI is InChI=1S/C27H37FN2O3/c1-26-13-12-20-18(8-11-23-27(20,2)15-22(28)25(32)30(23)3)19(26)9-10-21(26)24(31)29-16-6-5-7-17(14-16)33-4/h5-7,14,18-23H,8-13,15H2,1-4H3,(H,29,31)/t18-,19-,20-,21+,22+,23+,26-,27+/m0/s1. The number of rotatable bonds is 3. The number of piperidine rings is 1. The summed E-state index contributed by atoms with van der Waals surface area (Å²) in [6.45, 7) is 4.55. The lowest BCUT2D eigenvalue weighted by atomic mass is 9.46. The van der Waals surface area contributed by atoms with E-state index in [0.29, 0.717) is 24.2 Å².